The zero-order valence-electron chi connectivity index (χ0n) is 11.2. The van der Waals surface area contributed by atoms with E-state index in [2.05, 4.69) is 15.1 Å². The standard InChI is InChI=1S/C13H15ClN4OS/c1-3-15-13(19)10-11(12(14)20-17-10)18(2)16-9-7-5-4-6-8-9/h4-8,16H,3H2,1-2H3,(H,15,19). The molecule has 0 fully saturated rings. The minimum absolute atomic E-state index is 0.229. The second-order valence-corrected chi connectivity index (χ2v) is 5.43. The number of hydrazine groups is 1. The molecule has 1 amide bonds. The van der Waals surface area contributed by atoms with Crippen molar-refractivity contribution >= 4 is 40.4 Å². The van der Waals surface area contributed by atoms with Crippen LogP contribution in [0.25, 0.3) is 0 Å². The van der Waals surface area contributed by atoms with E-state index in [0.29, 0.717) is 22.3 Å². The Kier molecular flexibility index (Phi) is 4.81. The van der Waals surface area contributed by atoms with Gasteiger partial charge in [0.2, 0.25) is 0 Å². The number of benzene rings is 1. The summed E-state index contributed by atoms with van der Waals surface area (Å²) in [5.41, 5.74) is 4.96. The van der Waals surface area contributed by atoms with E-state index in [4.69, 9.17) is 11.6 Å². The molecule has 0 radical (unpaired) electrons. The molecule has 7 heteroatoms. The summed E-state index contributed by atoms with van der Waals surface area (Å²) >= 11 is 7.24. The highest BCUT2D eigenvalue weighted by Gasteiger charge is 2.21. The molecule has 0 saturated heterocycles. The lowest BCUT2D eigenvalue weighted by molar-refractivity contribution is 0.0952. The van der Waals surface area contributed by atoms with Gasteiger partial charge in [-0.2, -0.15) is 4.37 Å². The van der Waals surface area contributed by atoms with Gasteiger partial charge < -0.3 is 5.32 Å². The first-order chi connectivity index (χ1) is 9.63. The molecule has 0 spiro atoms. The van der Waals surface area contributed by atoms with Crippen LogP contribution in [-0.4, -0.2) is 23.9 Å². The Balaban J connectivity index is 2.23. The van der Waals surface area contributed by atoms with Crippen molar-refractivity contribution in [1.82, 2.24) is 9.69 Å². The quantitative estimate of drug-likeness (QED) is 0.834. The molecule has 2 N–H and O–H groups in total. The van der Waals surface area contributed by atoms with Crippen molar-refractivity contribution in [2.45, 2.75) is 6.92 Å². The number of nitrogens with one attached hydrogen (secondary N) is 2. The van der Waals surface area contributed by atoms with Crippen LogP contribution in [0, 0.1) is 0 Å². The molecule has 0 aliphatic rings. The first kappa shape index (κ1) is 14.6. The fourth-order valence-corrected chi connectivity index (χ4v) is 2.69. The van der Waals surface area contributed by atoms with Gasteiger partial charge in [0.1, 0.15) is 10.0 Å². The fourth-order valence-electron chi connectivity index (χ4n) is 1.71. The van der Waals surface area contributed by atoms with Crippen LogP contribution in [-0.2, 0) is 0 Å². The van der Waals surface area contributed by atoms with Crippen LogP contribution in [0.1, 0.15) is 17.4 Å². The van der Waals surface area contributed by atoms with Crippen LogP contribution in [0.3, 0.4) is 0 Å². The van der Waals surface area contributed by atoms with E-state index in [1.165, 1.54) is 0 Å². The van der Waals surface area contributed by atoms with Gasteiger partial charge >= 0.3 is 0 Å². The van der Waals surface area contributed by atoms with Gasteiger partial charge in [0.25, 0.3) is 5.91 Å². The molecule has 0 aliphatic carbocycles. The summed E-state index contributed by atoms with van der Waals surface area (Å²) in [4.78, 5) is 12.0. The molecule has 1 aromatic carbocycles. The Labute approximate surface area is 126 Å². The highest BCUT2D eigenvalue weighted by molar-refractivity contribution is 7.11. The smallest absolute Gasteiger partial charge is 0.273 e. The summed E-state index contributed by atoms with van der Waals surface area (Å²) < 4.78 is 4.58. The molecular formula is C13H15ClN4OS. The first-order valence-electron chi connectivity index (χ1n) is 6.12. The van der Waals surface area contributed by atoms with E-state index < -0.39 is 0 Å². The molecule has 0 aliphatic heterocycles. The van der Waals surface area contributed by atoms with Crippen LogP contribution in [0.4, 0.5) is 11.4 Å². The molecule has 106 valence electrons. The summed E-state index contributed by atoms with van der Waals surface area (Å²) in [7, 11) is 1.80. The summed E-state index contributed by atoms with van der Waals surface area (Å²) in [5, 5.41) is 4.43. The number of halogens is 1. The van der Waals surface area contributed by atoms with E-state index >= 15 is 0 Å². The Hall–Kier alpha value is -1.79. The molecular weight excluding hydrogens is 296 g/mol. The predicted octanol–water partition coefficient (Wildman–Crippen LogP) is 3.01. The lowest BCUT2D eigenvalue weighted by atomic mass is 10.3. The predicted molar refractivity (Wildman–Crippen MR) is 83.6 cm³/mol. The largest absolute Gasteiger partial charge is 0.351 e. The number of hydrogen-bond acceptors (Lipinski definition) is 5. The number of rotatable bonds is 5. The first-order valence-corrected chi connectivity index (χ1v) is 7.27. The molecule has 1 heterocycles. The zero-order valence-corrected chi connectivity index (χ0v) is 12.8. The molecule has 20 heavy (non-hydrogen) atoms. The van der Waals surface area contributed by atoms with E-state index in [-0.39, 0.29) is 5.91 Å². The molecule has 5 nitrogen and oxygen atoms in total. The number of nitrogens with zero attached hydrogens (tertiary/aromatic N) is 2. The van der Waals surface area contributed by atoms with Crippen LogP contribution >= 0.6 is 23.1 Å². The number of amides is 1. The van der Waals surface area contributed by atoms with Gasteiger partial charge in [-0.3, -0.25) is 15.2 Å². The van der Waals surface area contributed by atoms with Gasteiger partial charge in [0.05, 0.1) is 5.69 Å². The Morgan fingerprint density at radius 2 is 2.10 bits per heavy atom. The Morgan fingerprint density at radius 3 is 2.75 bits per heavy atom. The van der Waals surface area contributed by atoms with Crippen molar-refractivity contribution in [1.29, 1.82) is 0 Å². The zero-order chi connectivity index (χ0) is 14.5. The van der Waals surface area contributed by atoms with E-state index in [0.717, 1.165) is 17.2 Å². The highest BCUT2D eigenvalue weighted by atomic mass is 35.5. The molecule has 2 aromatic rings. The number of para-hydroxylation sites is 1. The third kappa shape index (κ3) is 3.20. The molecule has 0 saturated carbocycles. The number of carbonyl (C=O) groups is 1. The van der Waals surface area contributed by atoms with E-state index in [1.807, 2.05) is 37.3 Å². The average Bonchev–Trinajstić information content (AvgIpc) is 2.82. The summed E-state index contributed by atoms with van der Waals surface area (Å²) in [6, 6.07) is 9.64. The fraction of sp³-hybridized carbons (Fsp3) is 0.231. The second kappa shape index (κ2) is 6.58. The summed E-state index contributed by atoms with van der Waals surface area (Å²) in [6.07, 6.45) is 0. The SMILES string of the molecule is CCNC(=O)c1nsc(Cl)c1N(C)Nc1ccccc1. The molecule has 0 atom stereocenters. The van der Waals surface area contributed by atoms with Gasteiger partial charge in [-0.05, 0) is 30.6 Å². The number of anilines is 2. The average molecular weight is 311 g/mol. The van der Waals surface area contributed by atoms with Crippen molar-refractivity contribution in [3.8, 4) is 0 Å². The monoisotopic (exact) mass is 310 g/mol. The number of carbonyl (C=O) groups excluding carboxylic acids is 1. The normalized spacial score (nSPS) is 10.2. The third-order valence-electron chi connectivity index (χ3n) is 2.59. The van der Waals surface area contributed by atoms with Gasteiger partial charge in [0, 0.05) is 13.6 Å². The number of hydrogen-bond donors (Lipinski definition) is 2. The molecule has 0 unspecified atom stereocenters. The minimum Gasteiger partial charge on any atom is -0.351 e. The highest BCUT2D eigenvalue weighted by Crippen LogP contribution is 2.33. The van der Waals surface area contributed by atoms with Gasteiger partial charge in [-0.1, -0.05) is 29.8 Å². The molecule has 1 aromatic heterocycles. The maximum absolute atomic E-state index is 12.0. The second-order valence-electron chi connectivity index (χ2n) is 4.05. The Bertz CT molecular complexity index is 587. The van der Waals surface area contributed by atoms with Crippen molar-refractivity contribution in [3.05, 3.63) is 40.4 Å². The summed E-state index contributed by atoms with van der Waals surface area (Å²) in [5.74, 6) is -0.229. The summed E-state index contributed by atoms with van der Waals surface area (Å²) in [6.45, 7) is 2.40. The van der Waals surface area contributed by atoms with Crippen LogP contribution < -0.4 is 15.8 Å². The van der Waals surface area contributed by atoms with Crippen molar-refractivity contribution in [2.24, 2.45) is 0 Å². The lowest BCUT2D eigenvalue weighted by Gasteiger charge is -2.21. The Morgan fingerprint density at radius 1 is 1.40 bits per heavy atom. The topological polar surface area (TPSA) is 57.3 Å². The number of aromatic nitrogens is 1. The minimum atomic E-state index is -0.229. The van der Waals surface area contributed by atoms with E-state index in [9.17, 15) is 4.79 Å². The van der Waals surface area contributed by atoms with Crippen molar-refractivity contribution in [2.75, 3.05) is 24.0 Å². The maximum Gasteiger partial charge on any atom is 0.273 e. The van der Waals surface area contributed by atoms with Crippen molar-refractivity contribution in [3.63, 3.8) is 0 Å². The van der Waals surface area contributed by atoms with Crippen molar-refractivity contribution < 1.29 is 4.79 Å². The van der Waals surface area contributed by atoms with E-state index in [1.54, 1.807) is 12.1 Å². The molecule has 0 bridgehead atoms. The van der Waals surface area contributed by atoms with Gasteiger partial charge in [-0.15, -0.1) is 0 Å². The van der Waals surface area contributed by atoms with Crippen LogP contribution in [0.15, 0.2) is 30.3 Å². The third-order valence-corrected chi connectivity index (χ3v) is 3.60. The maximum atomic E-state index is 12.0. The molecule has 2 rings (SSSR count). The van der Waals surface area contributed by atoms with Gasteiger partial charge in [0.15, 0.2) is 5.69 Å². The van der Waals surface area contributed by atoms with Crippen LogP contribution in [0.5, 0.6) is 0 Å². The van der Waals surface area contributed by atoms with Crippen LogP contribution in [0.2, 0.25) is 4.34 Å². The lowest BCUT2D eigenvalue weighted by Crippen LogP contribution is -2.29. The van der Waals surface area contributed by atoms with Gasteiger partial charge in [-0.25, -0.2) is 0 Å².